The number of anilines is 1. The molecule has 0 atom stereocenters. The second-order valence-corrected chi connectivity index (χ2v) is 4.35. The average molecular weight is 294 g/mol. The zero-order valence-electron chi connectivity index (χ0n) is 12.0. The molecule has 0 aromatic heterocycles. The van der Waals surface area contributed by atoms with Gasteiger partial charge in [-0.15, -0.1) is 0 Å². The lowest BCUT2D eigenvalue weighted by atomic mass is 10.2. The summed E-state index contributed by atoms with van der Waals surface area (Å²) in [7, 11) is 0. The van der Waals surface area contributed by atoms with E-state index in [-0.39, 0.29) is 19.7 Å². The Labute approximate surface area is 122 Å². The Kier molecular flexibility index (Phi) is 6.19. The largest absolute Gasteiger partial charge is 0.480 e. The van der Waals surface area contributed by atoms with Crippen molar-refractivity contribution >= 4 is 23.7 Å². The molecule has 0 aliphatic rings. The van der Waals surface area contributed by atoms with Gasteiger partial charge in [-0.3, -0.25) is 14.9 Å². The average Bonchev–Trinajstić information content (AvgIpc) is 2.38. The number of benzene rings is 1. The standard InChI is InChI=1S/C14H18N2O5/c1-3-21-14(20)15-12(17)8-16(9-13(18)19)11-6-4-10(2)5-7-11/h4-7H,3,8-9H2,1-2H3,(H,18,19)(H,15,17,20). The van der Waals surface area contributed by atoms with E-state index < -0.39 is 18.0 Å². The first-order valence-corrected chi connectivity index (χ1v) is 6.42. The van der Waals surface area contributed by atoms with E-state index in [1.165, 1.54) is 4.90 Å². The number of nitrogens with zero attached hydrogens (tertiary/aromatic N) is 1. The summed E-state index contributed by atoms with van der Waals surface area (Å²) < 4.78 is 4.59. The zero-order valence-corrected chi connectivity index (χ0v) is 12.0. The first kappa shape index (κ1) is 16.5. The molecule has 114 valence electrons. The van der Waals surface area contributed by atoms with E-state index in [2.05, 4.69) is 4.74 Å². The Hall–Kier alpha value is -2.57. The number of carboxylic acid groups (broad SMARTS) is 1. The van der Waals surface area contributed by atoms with Crippen LogP contribution in [0.1, 0.15) is 12.5 Å². The van der Waals surface area contributed by atoms with Gasteiger partial charge in [0, 0.05) is 5.69 Å². The van der Waals surface area contributed by atoms with Gasteiger partial charge in [-0.2, -0.15) is 0 Å². The Balaban J connectivity index is 2.74. The Morgan fingerprint density at radius 3 is 2.33 bits per heavy atom. The zero-order chi connectivity index (χ0) is 15.8. The van der Waals surface area contributed by atoms with Crippen LogP contribution in [0.2, 0.25) is 0 Å². The maximum Gasteiger partial charge on any atom is 0.413 e. The summed E-state index contributed by atoms with van der Waals surface area (Å²) in [5.74, 6) is -1.70. The molecule has 7 heteroatoms. The molecule has 7 nitrogen and oxygen atoms in total. The molecule has 0 heterocycles. The van der Waals surface area contributed by atoms with Crippen molar-refractivity contribution in [3.05, 3.63) is 29.8 Å². The minimum absolute atomic E-state index is 0.149. The number of hydrogen-bond donors (Lipinski definition) is 2. The second kappa shape index (κ2) is 7.88. The fraction of sp³-hybridized carbons (Fsp3) is 0.357. The highest BCUT2D eigenvalue weighted by Crippen LogP contribution is 2.14. The number of carboxylic acids is 1. The van der Waals surface area contributed by atoms with Crippen molar-refractivity contribution in [3.63, 3.8) is 0 Å². The molecule has 0 saturated heterocycles. The third-order valence-electron chi connectivity index (χ3n) is 2.58. The van der Waals surface area contributed by atoms with E-state index in [1.54, 1.807) is 19.1 Å². The molecule has 2 amide bonds. The number of imide groups is 1. The van der Waals surface area contributed by atoms with Gasteiger partial charge in [0.15, 0.2) is 0 Å². The van der Waals surface area contributed by atoms with E-state index in [0.717, 1.165) is 5.56 Å². The van der Waals surface area contributed by atoms with Crippen molar-refractivity contribution < 1.29 is 24.2 Å². The molecule has 1 rings (SSSR count). The molecule has 21 heavy (non-hydrogen) atoms. The van der Waals surface area contributed by atoms with Crippen molar-refractivity contribution in [3.8, 4) is 0 Å². The van der Waals surface area contributed by atoms with Crippen molar-refractivity contribution in [2.24, 2.45) is 0 Å². The number of carbonyl (C=O) groups is 3. The number of nitrogens with one attached hydrogen (secondary N) is 1. The number of aryl methyl sites for hydroxylation is 1. The highest BCUT2D eigenvalue weighted by Gasteiger charge is 2.16. The van der Waals surface area contributed by atoms with Crippen LogP contribution in [0, 0.1) is 6.92 Å². The van der Waals surface area contributed by atoms with Gasteiger partial charge in [0.05, 0.1) is 13.2 Å². The molecular weight excluding hydrogens is 276 g/mol. The molecule has 0 unspecified atom stereocenters. The van der Waals surface area contributed by atoms with Gasteiger partial charge in [0.1, 0.15) is 6.54 Å². The summed E-state index contributed by atoms with van der Waals surface area (Å²) >= 11 is 0. The lowest BCUT2D eigenvalue weighted by Crippen LogP contribution is -2.42. The Morgan fingerprint density at radius 2 is 1.81 bits per heavy atom. The molecule has 0 aliphatic heterocycles. The van der Waals surface area contributed by atoms with Crippen LogP contribution in [0.15, 0.2) is 24.3 Å². The third kappa shape index (κ3) is 5.94. The lowest BCUT2D eigenvalue weighted by molar-refractivity contribution is -0.135. The van der Waals surface area contributed by atoms with Gasteiger partial charge >= 0.3 is 12.1 Å². The van der Waals surface area contributed by atoms with Crippen LogP contribution in [-0.4, -0.2) is 42.8 Å². The molecule has 0 saturated carbocycles. The van der Waals surface area contributed by atoms with Crippen LogP contribution in [0.3, 0.4) is 0 Å². The lowest BCUT2D eigenvalue weighted by Gasteiger charge is -2.22. The van der Waals surface area contributed by atoms with E-state index in [4.69, 9.17) is 5.11 Å². The Bertz CT molecular complexity index is 513. The van der Waals surface area contributed by atoms with E-state index in [1.807, 2.05) is 24.4 Å². The van der Waals surface area contributed by atoms with Gasteiger partial charge in [-0.05, 0) is 26.0 Å². The SMILES string of the molecule is CCOC(=O)NC(=O)CN(CC(=O)O)c1ccc(C)cc1. The van der Waals surface area contributed by atoms with Crippen LogP contribution >= 0.6 is 0 Å². The minimum atomic E-state index is -1.07. The quantitative estimate of drug-likeness (QED) is 0.817. The molecule has 0 bridgehead atoms. The van der Waals surface area contributed by atoms with Crippen LogP contribution in [0.4, 0.5) is 10.5 Å². The fourth-order valence-electron chi connectivity index (χ4n) is 1.65. The number of aliphatic carboxylic acids is 1. The molecule has 0 spiro atoms. The summed E-state index contributed by atoms with van der Waals surface area (Å²) in [5, 5.41) is 10.9. The molecule has 1 aromatic carbocycles. The van der Waals surface area contributed by atoms with Crippen LogP contribution in [0.25, 0.3) is 0 Å². The maximum atomic E-state index is 11.7. The summed E-state index contributed by atoms with van der Waals surface area (Å²) in [5.41, 5.74) is 1.60. The highest BCUT2D eigenvalue weighted by atomic mass is 16.5. The summed E-state index contributed by atoms with van der Waals surface area (Å²) in [6.45, 7) is 3.06. The molecule has 1 aromatic rings. The molecule has 2 N–H and O–H groups in total. The van der Waals surface area contributed by atoms with Crippen LogP contribution in [-0.2, 0) is 14.3 Å². The first-order valence-electron chi connectivity index (χ1n) is 6.42. The summed E-state index contributed by atoms with van der Waals surface area (Å²) in [6.07, 6.45) is -0.846. The van der Waals surface area contributed by atoms with Gasteiger partial charge < -0.3 is 14.7 Å². The second-order valence-electron chi connectivity index (χ2n) is 4.35. The topological polar surface area (TPSA) is 95.9 Å². The maximum absolute atomic E-state index is 11.7. The van der Waals surface area contributed by atoms with Crippen LogP contribution < -0.4 is 10.2 Å². The monoisotopic (exact) mass is 294 g/mol. The Morgan fingerprint density at radius 1 is 1.19 bits per heavy atom. The third-order valence-corrected chi connectivity index (χ3v) is 2.58. The minimum Gasteiger partial charge on any atom is -0.480 e. The van der Waals surface area contributed by atoms with Crippen LogP contribution in [0.5, 0.6) is 0 Å². The predicted molar refractivity (Wildman–Crippen MR) is 76.2 cm³/mol. The number of ether oxygens (including phenoxy) is 1. The number of rotatable bonds is 6. The van der Waals surface area contributed by atoms with Gasteiger partial charge in [0.25, 0.3) is 0 Å². The molecule has 0 fully saturated rings. The summed E-state index contributed by atoms with van der Waals surface area (Å²) in [4.78, 5) is 35.1. The first-order chi connectivity index (χ1) is 9.92. The molecule has 0 radical (unpaired) electrons. The van der Waals surface area contributed by atoms with E-state index >= 15 is 0 Å². The smallest absolute Gasteiger partial charge is 0.413 e. The van der Waals surface area contributed by atoms with Gasteiger partial charge in [-0.1, -0.05) is 17.7 Å². The van der Waals surface area contributed by atoms with E-state index in [9.17, 15) is 14.4 Å². The number of carbonyl (C=O) groups excluding carboxylic acids is 2. The molecule has 0 aliphatic carbocycles. The summed E-state index contributed by atoms with van der Waals surface area (Å²) in [6, 6.07) is 7.06. The van der Waals surface area contributed by atoms with Crippen molar-refractivity contribution in [1.29, 1.82) is 0 Å². The van der Waals surface area contributed by atoms with Gasteiger partial charge in [0.2, 0.25) is 5.91 Å². The highest BCUT2D eigenvalue weighted by molar-refractivity contribution is 5.94. The normalized spacial score (nSPS) is 9.81. The predicted octanol–water partition coefficient (Wildman–Crippen LogP) is 1.16. The number of hydrogen-bond acceptors (Lipinski definition) is 5. The number of alkyl carbamates (subject to hydrolysis) is 1. The molecular formula is C14H18N2O5. The van der Waals surface area contributed by atoms with E-state index in [0.29, 0.717) is 5.69 Å². The fourth-order valence-corrected chi connectivity index (χ4v) is 1.65. The van der Waals surface area contributed by atoms with Gasteiger partial charge in [-0.25, -0.2) is 4.79 Å². The van der Waals surface area contributed by atoms with Crippen molar-refractivity contribution in [2.45, 2.75) is 13.8 Å². The number of amides is 2. The van der Waals surface area contributed by atoms with Crippen molar-refractivity contribution in [1.82, 2.24) is 5.32 Å². The van der Waals surface area contributed by atoms with Crippen molar-refractivity contribution in [2.75, 3.05) is 24.6 Å².